The smallest absolute Gasteiger partial charge is 0.263 e. The summed E-state index contributed by atoms with van der Waals surface area (Å²) in [5.41, 5.74) is 5.27. The van der Waals surface area contributed by atoms with Crippen molar-refractivity contribution >= 4 is 56.4 Å². The second-order valence-electron chi connectivity index (χ2n) is 4.24. The molecular weight excluding hydrogens is 371 g/mol. The van der Waals surface area contributed by atoms with E-state index in [-0.39, 0.29) is 31.2 Å². The fourth-order valence-corrected chi connectivity index (χ4v) is 3.69. The van der Waals surface area contributed by atoms with Crippen molar-refractivity contribution in [3.05, 3.63) is 57.0 Å². The predicted octanol–water partition coefficient (Wildman–Crippen LogP) is 3.55. The van der Waals surface area contributed by atoms with Crippen LogP contribution in [0.1, 0.15) is 10.4 Å². The van der Waals surface area contributed by atoms with E-state index in [0.717, 1.165) is 0 Å². The Balaban J connectivity index is 2.47. The van der Waals surface area contributed by atoms with Crippen LogP contribution in [0.2, 0.25) is 15.1 Å². The molecule has 2 rings (SSSR count). The molecular formula is C13H9Cl3N2O3S. The number of hydrogen-bond donors (Lipinski definition) is 2. The van der Waals surface area contributed by atoms with Crippen LogP contribution < -0.4 is 10.5 Å². The molecule has 9 heteroatoms. The van der Waals surface area contributed by atoms with E-state index >= 15 is 0 Å². The zero-order valence-corrected chi connectivity index (χ0v) is 13.9. The van der Waals surface area contributed by atoms with Gasteiger partial charge in [0.25, 0.3) is 10.0 Å². The number of hydrogen-bond acceptors (Lipinski definition) is 3. The van der Waals surface area contributed by atoms with Crippen LogP contribution in [-0.4, -0.2) is 14.3 Å². The molecule has 0 aliphatic carbocycles. The fraction of sp³-hybridized carbons (Fsp3) is 0. The van der Waals surface area contributed by atoms with Crippen molar-refractivity contribution in [1.82, 2.24) is 0 Å². The van der Waals surface area contributed by atoms with Gasteiger partial charge in [0.05, 0.1) is 15.7 Å². The summed E-state index contributed by atoms with van der Waals surface area (Å²) in [5.74, 6) is -0.710. The molecule has 2 aromatic carbocycles. The molecule has 0 heterocycles. The van der Waals surface area contributed by atoms with E-state index in [1.165, 1.54) is 36.4 Å². The Morgan fingerprint density at radius 1 is 1.00 bits per heavy atom. The molecule has 3 N–H and O–H groups in total. The van der Waals surface area contributed by atoms with Crippen LogP contribution in [-0.2, 0) is 10.0 Å². The Hall–Kier alpha value is -1.47. The molecule has 0 bridgehead atoms. The minimum atomic E-state index is -4.03. The van der Waals surface area contributed by atoms with Gasteiger partial charge in [-0.1, -0.05) is 34.8 Å². The third kappa shape index (κ3) is 3.64. The van der Waals surface area contributed by atoms with Gasteiger partial charge in [0.1, 0.15) is 4.90 Å². The first kappa shape index (κ1) is 16.9. The number of sulfonamides is 1. The van der Waals surface area contributed by atoms with Gasteiger partial charge >= 0.3 is 0 Å². The first-order valence-electron chi connectivity index (χ1n) is 5.78. The maximum absolute atomic E-state index is 12.4. The molecule has 0 unspecified atom stereocenters. The van der Waals surface area contributed by atoms with Crippen LogP contribution in [0.3, 0.4) is 0 Å². The van der Waals surface area contributed by atoms with Crippen molar-refractivity contribution < 1.29 is 13.2 Å². The van der Waals surface area contributed by atoms with Gasteiger partial charge in [-0.3, -0.25) is 9.52 Å². The molecule has 116 valence electrons. The number of amides is 1. The van der Waals surface area contributed by atoms with E-state index in [2.05, 4.69) is 4.72 Å². The van der Waals surface area contributed by atoms with Crippen molar-refractivity contribution in [2.24, 2.45) is 5.73 Å². The molecule has 0 saturated carbocycles. The van der Waals surface area contributed by atoms with Crippen LogP contribution in [0, 0.1) is 0 Å². The molecule has 22 heavy (non-hydrogen) atoms. The van der Waals surface area contributed by atoms with E-state index in [9.17, 15) is 13.2 Å². The average Bonchev–Trinajstić information content (AvgIpc) is 2.43. The number of nitrogens with one attached hydrogen (secondary N) is 1. The summed E-state index contributed by atoms with van der Waals surface area (Å²) in [6.07, 6.45) is 0. The average molecular weight is 380 g/mol. The summed E-state index contributed by atoms with van der Waals surface area (Å²) in [6.45, 7) is 0. The number of carbonyl (C=O) groups is 1. The maximum Gasteiger partial charge on any atom is 0.263 e. The number of primary amides is 1. The van der Waals surface area contributed by atoms with E-state index in [1.807, 2.05) is 0 Å². The summed E-state index contributed by atoms with van der Waals surface area (Å²) < 4.78 is 27.0. The summed E-state index contributed by atoms with van der Waals surface area (Å²) in [7, 11) is -4.03. The summed E-state index contributed by atoms with van der Waals surface area (Å²) in [6, 6.07) is 8.01. The first-order valence-corrected chi connectivity index (χ1v) is 8.39. The maximum atomic E-state index is 12.4. The third-order valence-electron chi connectivity index (χ3n) is 2.68. The van der Waals surface area contributed by atoms with Gasteiger partial charge in [0.2, 0.25) is 5.91 Å². The molecule has 0 aromatic heterocycles. The molecule has 5 nitrogen and oxygen atoms in total. The van der Waals surface area contributed by atoms with Crippen LogP contribution >= 0.6 is 34.8 Å². The second kappa shape index (κ2) is 6.34. The Kier molecular flexibility index (Phi) is 4.87. The predicted molar refractivity (Wildman–Crippen MR) is 87.2 cm³/mol. The Morgan fingerprint density at radius 3 is 2.27 bits per heavy atom. The largest absolute Gasteiger partial charge is 0.366 e. The van der Waals surface area contributed by atoms with E-state index in [0.29, 0.717) is 0 Å². The summed E-state index contributed by atoms with van der Waals surface area (Å²) in [4.78, 5) is 11.0. The normalized spacial score (nSPS) is 11.2. The Labute approximate surface area is 142 Å². The highest BCUT2D eigenvalue weighted by molar-refractivity contribution is 7.92. The molecule has 0 fully saturated rings. The SMILES string of the molecule is NC(=O)c1ccc(Cl)c(NS(=O)(=O)c2cc(Cl)ccc2Cl)c1. The van der Waals surface area contributed by atoms with Crippen LogP contribution in [0.15, 0.2) is 41.3 Å². The lowest BCUT2D eigenvalue weighted by atomic mass is 10.2. The fourth-order valence-electron chi connectivity index (χ4n) is 1.64. The number of halogens is 3. The lowest BCUT2D eigenvalue weighted by Gasteiger charge is -2.12. The molecule has 2 aromatic rings. The standard InChI is InChI=1S/C13H9Cl3N2O3S/c14-8-2-4-10(16)12(6-8)22(20,21)18-11-5-7(13(17)19)1-3-9(11)15/h1-6,18H,(H2,17,19). The molecule has 0 spiro atoms. The third-order valence-corrected chi connectivity index (χ3v) is 5.09. The monoisotopic (exact) mass is 378 g/mol. The van der Waals surface area contributed by atoms with Gasteiger partial charge in [-0.05, 0) is 36.4 Å². The quantitative estimate of drug-likeness (QED) is 0.851. The van der Waals surface area contributed by atoms with Crippen molar-refractivity contribution in [2.45, 2.75) is 4.90 Å². The molecule has 0 aliphatic heterocycles. The van der Waals surface area contributed by atoms with Crippen molar-refractivity contribution in [3.8, 4) is 0 Å². The lowest BCUT2D eigenvalue weighted by molar-refractivity contribution is 0.100. The van der Waals surface area contributed by atoms with E-state index < -0.39 is 15.9 Å². The first-order chi connectivity index (χ1) is 10.2. The lowest BCUT2D eigenvalue weighted by Crippen LogP contribution is -2.15. The van der Waals surface area contributed by atoms with Crippen molar-refractivity contribution in [3.63, 3.8) is 0 Å². The van der Waals surface area contributed by atoms with Gasteiger partial charge in [-0.25, -0.2) is 8.42 Å². The molecule has 0 aliphatic rings. The van der Waals surface area contributed by atoms with Crippen LogP contribution in [0.5, 0.6) is 0 Å². The van der Waals surface area contributed by atoms with Gasteiger partial charge < -0.3 is 5.73 Å². The molecule has 0 radical (unpaired) electrons. The number of nitrogens with two attached hydrogens (primary N) is 1. The molecule has 0 atom stereocenters. The summed E-state index contributed by atoms with van der Waals surface area (Å²) >= 11 is 17.6. The van der Waals surface area contributed by atoms with Gasteiger partial charge in [0, 0.05) is 10.6 Å². The van der Waals surface area contributed by atoms with Gasteiger partial charge in [-0.2, -0.15) is 0 Å². The topological polar surface area (TPSA) is 89.3 Å². The van der Waals surface area contributed by atoms with Crippen molar-refractivity contribution in [1.29, 1.82) is 0 Å². The van der Waals surface area contributed by atoms with Crippen LogP contribution in [0.25, 0.3) is 0 Å². The number of benzene rings is 2. The summed E-state index contributed by atoms with van der Waals surface area (Å²) in [5, 5.41) is 0.313. The molecule has 0 saturated heterocycles. The Bertz CT molecular complexity index is 854. The minimum absolute atomic E-state index is 0.000853. The zero-order chi connectivity index (χ0) is 16.5. The highest BCUT2D eigenvalue weighted by Crippen LogP contribution is 2.29. The Morgan fingerprint density at radius 2 is 1.64 bits per heavy atom. The van der Waals surface area contributed by atoms with Gasteiger partial charge in [0.15, 0.2) is 0 Å². The molecule has 1 amide bonds. The minimum Gasteiger partial charge on any atom is -0.366 e. The highest BCUT2D eigenvalue weighted by atomic mass is 35.5. The zero-order valence-electron chi connectivity index (χ0n) is 10.8. The number of rotatable bonds is 4. The van der Waals surface area contributed by atoms with Crippen molar-refractivity contribution in [2.75, 3.05) is 4.72 Å². The van der Waals surface area contributed by atoms with Gasteiger partial charge in [-0.15, -0.1) is 0 Å². The highest BCUT2D eigenvalue weighted by Gasteiger charge is 2.20. The van der Waals surface area contributed by atoms with E-state index in [1.54, 1.807) is 0 Å². The second-order valence-corrected chi connectivity index (χ2v) is 7.14. The number of carbonyl (C=O) groups excluding carboxylic acids is 1. The van der Waals surface area contributed by atoms with Crippen LogP contribution in [0.4, 0.5) is 5.69 Å². The number of anilines is 1. The van der Waals surface area contributed by atoms with E-state index in [4.69, 9.17) is 40.5 Å².